The minimum atomic E-state index is -0.951. The highest BCUT2D eigenvalue weighted by Gasteiger charge is 2.35. The second kappa shape index (κ2) is 26.4. The predicted octanol–water partition coefficient (Wildman–Crippen LogP) is 9.94. The largest absolute Gasteiger partial charge is 0.494 e. The monoisotopic (exact) mass is 952 g/mol. The maximum absolute atomic E-state index is 13.4. The molecule has 0 aliphatic carbocycles. The molecule has 6 rings (SSSR count). The quantitative estimate of drug-likeness (QED) is 0.0189. The van der Waals surface area contributed by atoms with Crippen LogP contribution in [0.25, 0.3) is 12.2 Å². The van der Waals surface area contributed by atoms with Crippen molar-refractivity contribution in [2.45, 2.75) is 38.5 Å². The average Bonchev–Trinajstić information content (AvgIpc) is 3.39. The number of nitrogens with zero attached hydrogens (tertiary/aromatic N) is 2. The minimum absolute atomic E-state index is 0.132. The molecule has 0 saturated heterocycles. The van der Waals surface area contributed by atoms with Crippen LogP contribution in [0.3, 0.4) is 0 Å². The molecule has 4 N–H and O–H groups in total. The number of nitrogen functional groups attached to an aromatic ring is 2. The Labute approximate surface area is 412 Å². The number of carbonyl (C=O) groups excluding carboxylic acids is 4. The first kappa shape index (κ1) is 51.3. The lowest BCUT2D eigenvalue weighted by molar-refractivity contribution is -0.148. The minimum Gasteiger partial charge on any atom is -0.494 e. The van der Waals surface area contributed by atoms with Gasteiger partial charge in [-0.05, 0) is 157 Å². The molecule has 0 aliphatic rings. The van der Waals surface area contributed by atoms with Crippen LogP contribution < -0.4 is 30.4 Å². The van der Waals surface area contributed by atoms with Gasteiger partial charge in [-0.2, -0.15) is 10.5 Å². The van der Waals surface area contributed by atoms with E-state index in [1.807, 2.05) is 24.3 Å². The van der Waals surface area contributed by atoms with Crippen LogP contribution in [0.4, 0.5) is 11.4 Å². The summed E-state index contributed by atoms with van der Waals surface area (Å²) in [6.45, 7) is 0.530. The highest BCUT2D eigenvalue weighted by molar-refractivity contribution is 5.92. The fourth-order valence-electron chi connectivity index (χ4n) is 7.00. The fourth-order valence-corrected chi connectivity index (χ4v) is 7.00. The van der Waals surface area contributed by atoms with Crippen LogP contribution in [-0.4, -0.2) is 50.3 Å². The van der Waals surface area contributed by atoms with Crippen LogP contribution in [0.15, 0.2) is 158 Å². The molecule has 0 aromatic heterocycles. The summed E-state index contributed by atoms with van der Waals surface area (Å²) in [7, 11) is 0. The van der Waals surface area contributed by atoms with E-state index < -0.39 is 29.3 Å². The zero-order chi connectivity index (χ0) is 50.3. The molecule has 71 heavy (non-hydrogen) atoms. The van der Waals surface area contributed by atoms with Crippen molar-refractivity contribution in [3.8, 4) is 35.1 Å². The maximum Gasteiger partial charge on any atom is 0.343 e. The third kappa shape index (κ3) is 17.2. The summed E-state index contributed by atoms with van der Waals surface area (Å²) < 4.78 is 34.1. The van der Waals surface area contributed by atoms with Gasteiger partial charge in [0.15, 0.2) is 0 Å². The average molecular weight is 953 g/mol. The van der Waals surface area contributed by atoms with E-state index in [0.717, 1.165) is 11.1 Å². The zero-order valence-corrected chi connectivity index (χ0v) is 38.9. The molecule has 0 amide bonds. The summed E-state index contributed by atoms with van der Waals surface area (Å²) in [5.74, 6) is -0.613. The Balaban J connectivity index is 1.08. The van der Waals surface area contributed by atoms with E-state index in [0.29, 0.717) is 108 Å². The molecule has 0 fully saturated rings. The molecule has 0 unspecified atom stereocenters. The van der Waals surface area contributed by atoms with E-state index in [1.165, 1.54) is 12.2 Å². The number of nitrogens with two attached hydrogens (primary N) is 2. The SMILES string of the molecule is N#CCCCOc1ccc(C(=O)Oc2ccc(/C=C/C(=O)OCC(COC(=O)/C=C/c3ccc(OC(=O)c4ccc(OCCCC#N)cc4)cc3)(Cc3ccc(N)cc3)Cc3ccc(N)cc3)cc2)cc1. The molecule has 0 saturated carbocycles. The van der Waals surface area contributed by atoms with Gasteiger partial charge in [0, 0.05) is 41.8 Å². The Hall–Kier alpha value is -9.14. The molecule has 360 valence electrons. The molecule has 0 aliphatic heterocycles. The molecular formula is C57H52N4O10. The fraction of sp³-hybridized carbons (Fsp3) is 0.193. The standard InChI is InChI=1S/C57H52N4O10/c58-33-1-3-35-66-49-27-15-45(16-28-49)55(64)70-51-23-9-41(10-24-51)13-31-53(62)68-39-57(37-43-5-19-47(60)20-6-43,38-44-7-21-48(61)22-8-44)40-69-54(63)32-14-42-11-25-52(26-12-42)71-56(65)46-17-29-50(30-18-46)67-36-4-2-34-59/h5-32H,1-4,35-40,60-61H2/b31-13+,32-14+. The van der Waals surface area contributed by atoms with E-state index in [2.05, 4.69) is 12.1 Å². The highest BCUT2D eigenvalue weighted by Crippen LogP contribution is 2.31. The number of ether oxygens (including phenoxy) is 6. The lowest BCUT2D eigenvalue weighted by Crippen LogP contribution is -2.38. The van der Waals surface area contributed by atoms with Crippen LogP contribution in [0, 0.1) is 28.1 Å². The second-order valence-corrected chi connectivity index (χ2v) is 16.4. The van der Waals surface area contributed by atoms with Crippen molar-refractivity contribution in [2.24, 2.45) is 5.41 Å². The number of esters is 4. The third-order valence-electron chi connectivity index (χ3n) is 10.7. The van der Waals surface area contributed by atoms with Crippen molar-refractivity contribution in [3.05, 3.63) is 191 Å². The van der Waals surface area contributed by atoms with Gasteiger partial charge >= 0.3 is 23.9 Å². The van der Waals surface area contributed by atoms with Crippen LogP contribution in [-0.2, 0) is 31.9 Å². The summed E-state index contributed by atoms with van der Waals surface area (Å²) in [5, 5.41) is 17.4. The lowest BCUT2D eigenvalue weighted by atomic mass is 9.77. The van der Waals surface area contributed by atoms with Crippen molar-refractivity contribution in [1.82, 2.24) is 0 Å². The number of carbonyl (C=O) groups is 4. The molecule has 0 spiro atoms. The van der Waals surface area contributed by atoms with Gasteiger partial charge in [0.1, 0.15) is 36.2 Å². The zero-order valence-electron chi connectivity index (χ0n) is 38.9. The van der Waals surface area contributed by atoms with Gasteiger partial charge in [0.2, 0.25) is 0 Å². The van der Waals surface area contributed by atoms with Gasteiger partial charge in [-0.15, -0.1) is 0 Å². The number of hydrogen-bond acceptors (Lipinski definition) is 14. The third-order valence-corrected chi connectivity index (χ3v) is 10.7. The predicted molar refractivity (Wildman–Crippen MR) is 268 cm³/mol. The van der Waals surface area contributed by atoms with E-state index in [9.17, 15) is 19.2 Å². The van der Waals surface area contributed by atoms with Crippen LogP contribution in [0.1, 0.15) is 68.7 Å². The summed E-state index contributed by atoms with van der Waals surface area (Å²) in [4.78, 5) is 52.3. The number of unbranched alkanes of at least 4 members (excludes halogenated alkanes) is 2. The number of rotatable bonds is 24. The van der Waals surface area contributed by atoms with Gasteiger partial charge in [0.25, 0.3) is 0 Å². The van der Waals surface area contributed by atoms with Gasteiger partial charge in [-0.1, -0.05) is 48.5 Å². The first-order chi connectivity index (χ1) is 34.5. The first-order valence-electron chi connectivity index (χ1n) is 22.7. The van der Waals surface area contributed by atoms with Crippen molar-refractivity contribution >= 4 is 47.4 Å². The van der Waals surface area contributed by atoms with Gasteiger partial charge < -0.3 is 39.9 Å². The molecule has 6 aromatic carbocycles. The van der Waals surface area contributed by atoms with Crippen molar-refractivity contribution in [2.75, 3.05) is 37.9 Å². The molecule has 14 nitrogen and oxygen atoms in total. The Morgan fingerprint density at radius 3 is 1.18 bits per heavy atom. The molecule has 0 radical (unpaired) electrons. The summed E-state index contributed by atoms with van der Waals surface area (Å²) in [6, 6.07) is 44.9. The second-order valence-electron chi connectivity index (χ2n) is 16.4. The number of anilines is 2. The van der Waals surface area contributed by atoms with E-state index in [-0.39, 0.29) is 13.2 Å². The lowest BCUT2D eigenvalue weighted by Gasteiger charge is -2.33. The highest BCUT2D eigenvalue weighted by atomic mass is 16.6. The van der Waals surface area contributed by atoms with E-state index in [1.54, 1.807) is 133 Å². The summed E-state index contributed by atoms with van der Waals surface area (Å²) >= 11 is 0. The topological polar surface area (TPSA) is 223 Å². The summed E-state index contributed by atoms with van der Waals surface area (Å²) in [6.07, 6.45) is 8.42. The van der Waals surface area contributed by atoms with E-state index in [4.69, 9.17) is 50.4 Å². The Morgan fingerprint density at radius 1 is 0.479 bits per heavy atom. The molecule has 6 aromatic rings. The molecular weight excluding hydrogens is 901 g/mol. The first-order valence-corrected chi connectivity index (χ1v) is 22.7. The number of nitriles is 2. The van der Waals surface area contributed by atoms with Crippen molar-refractivity contribution < 1.29 is 47.6 Å². The smallest absolute Gasteiger partial charge is 0.343 e. The number of hydrogen-bond donors (Lipinski definition) is 2. The number of benzene rings is 6. The molecule has 0 bridgehead atoms. The van der Waals surface area contributed by atoms with Gasteiger partial charge in [-0.3, -0.25) is 0 Å². The summed E-state index contributed by atoms with van der Waals surface area (Å²) in [5.41, 5.74) is 15.9. The van der Waals surface area contributed by atoms with Gasteiger partial charge in [0.05, 0.1) is 36.5 Å². The Morgan fingerprint density at radius 2 is 0.831 bits per heavy atom. The van der Waals surface area contributed by atoms with Crippen LogP contribution >= 0.6 is 0 Å². The normalized spacial score (nSPS) is 11.0. The maximum atomic E-state index is 13.4. The Kier molecular flexibility index (Phi) is 19.1. The van der Waals surface area contributed by atoms with Crippen LogP contribution in [0.5, 0.6) is 23.0 Å². The molecule has 0 atom stereocenters. The van der Waals surface area contributed by atoms with Gasteiger partial charge in [-0.25, -0.2) is 19.2 Å². The molecule has 14 heteroatoms. The van der Waals surface area contributed by atoms with Crippen molar-refractivity contribution in [1.29, 1.82) is 10.5 Å². The Bertz CT molecular complexity index is 2650. The molecule has 0 heterocycles. The van der Waals surface area contributed by atoms with E-state index >= 15 is 0 Å². The van der Waals surface area contributed by atoms with Crippen molar-refractivity contribution in [3.63, 3.8) is 0 Å². The van der Waals surface area contributed by atoms with Crippen LogP contribution in [0.2, 0.25) is 0 Å².